The number of H-pyrrole nitrogens is 1. The van der Waals surface area contributed by atoms with E-state index in [0.29, 0.717) is 10.9 Å². The van der Waals surface area contributed by atoms with Gasteiger partial charge in [-0.25, -0.2) is 4.79 Å². The van der Waals surface area contributed by atoms with Crippen LogP contribution in [-0.2, 0) is 11.3 Å². The number of nitrogens with zero attached hydrogens (tertiary/aromatic N) is 1. The van der Waals surface area contributed by atoms with Gasteiger partial charge in [-0.15, -0.1) is 0 Å². The van der Waals surface area contributed by atoms with Crippen LogP contribution < -0.4 is 16.6 Å². The number of para-hydroxylation sites is 1. The molecule has 0 unspecified atom stereocenters. The third-order valence-corrected chi connectivity index (χ3v) is 4.32. The molecule has 0 aliphatic carbocycles. The molecular formula is C20H21N3O3. The zero-order valence-corrected chi connectivity index (χ0v) is 14.6. The quantitative estimate of drug-likeness (QED) is 0.715. The smallest absolute Gasteiger partial charge is 0.329 e. The van der Waals surface area contributed by atoms with Gasteiger partial charge in [-0.05, 0) is 24.1 Å². The molecule has 1 amide bonds. The van der Waals surface area contributed by atoms with Gasteiger partial charge in [0.1, 0.15) is 6.54 Å². The number of aromatic nitrogens is 2. The van der Waals surface area contributed by atoms with Crippen molar-refractivity contribution in [2.45, 2.75) is 32.4 Å². The predicted octanol–water partition coefficient (Wildman–Crippen LogP) is 2.35. The molecule has 0 saturated carbocycles. The summed E-state index contributed by atoms with van der Waals surface area (Å²) in [5.41, 5.74) is 0.440. The van der Waals surface area contributed by atoms with Crippen molar-refractivity contribution in [1.29, 1.82) is 0 Å². The van der Waals surface area contributed by atoms with E-state index in [4.69, 9.17) is 0 Å². The highest BCUT2D eigenvalue weighted by Crippen LogP contribution is 2.18. The second-order valence-electron chi connectivity index (χ2n) is 6.18. The van der Waals surface area contributed by atoms with Crippen LogP contribution in [0, 0.1) is 0 Å². The number of carbonyl (C=O) groups is 1. The Hall–Kier alpha value is -3.15. The average molecular weight is 351 g/mol. The Morgan fingerprint density at radius 1 is 1.08 bits per heavy atom. The van der Waals surface area contributed by atoms with Gasteiger partial charge in [0, 0.05) is 0 Å². The first kappa shape index (κ1) is 17.7. The van der Waals surface area contributed by atoms with Gasteiger partial charge < -0.3 is 5.32 Å². The molecule has 26 heavy (non-hydrogen) atoms. The monoisotopic (exact) mass is 351 g/mol. The molecule has 134 valence electrons. The summed E-state index contributed by atoms with van der Waals surface area (Å²) in [4.78, 5) is 39.0. The predicted molar refractivity (Wildman–Crippen MR) is 101 cm³/mol. The zero-order chi connectivity index (χ0) is 18.5. The van der Waals surface area contributed by atoms with E-state index in [0.717, 1.165) is 18.4 Å². The number of aromatic amines is 1. The van der Waals surface area contributed by atoms with Gasteiger partial charge in [0.05, 0.1) is 16.9 Å². The minimum atomic E-state index is -0.587. The van der Waals surface area contributed by atoms with Crippen LogP contribution in [0.3, 0.4) is 0 Å². The second kappa shape index (κ2) is 7.82. The highest BCUT2D eigenvalue weighted by Gasteiger charge is 2.16. The lowest BCUT2D eigenvalue weighted by Gasteiger charge is -2.19. The van der Waals surface area contributed by atoms with E-state index in [1.165, 1.54) is 4.57 Å². The van der Waals surface area contributed by atoms with Gasteiger partial charge in [0.15, 0.2) is 0 Å². The summed E-state index contributed by atoms with van der Waals surface area (Å²) in [5, 5.41) is 3.38. The average Bonchev–Trinajstić information content (AvgIpc) is 2.65. The van der Waals surface area contributed by atoms with Crippen molar-refractivity contribution in [2.24, 2.45) is 0 Å². The van der Waals surface area contributed by atoms with Crippen LogP contribution >= 0.6 is 0 Å². The maximum absolute atomic E-state index is 12.6. The first-order chi connectivity index (χ1) is 12.6. The van der Waals surface area contributed by atoms with E-state index in [9.17, 15) is 14.4 Å². The number of amides is 1. The number of fused-ring (bicyclic) bond motifs is 1. The van der Waals surface area contributed by atoms with Crippen molar-refractivity contribution >= 4 is 16.8 Å². The summed E-state index contributed by atoms with van der Waals surface area (Å²) < 4.78 is 1.29. The largest absolute Gasteiger partial charge is 0.348 e. The molecule has 0 fully saturated rings. The minimum absolute atomic E-state index is 0.113. The molecule has 1 aromatic heterocycles. The fourth-order valence-corrected chi connectivity index (χ4v) is 3.08. The van der Waals surface area contributed by atoms with Crippen molar-refractivity contribution in [3.05, 3.63) is 81.0 Å². The normalized spacial score (nSPS) is 12.0. The third kappa shape index (κ3) is 3.74. The molecule has 2 N–H and O–H groups in total. The van der Waals surface area contributed by atoms with E-state index < -0.39 is 11.2 Å². The molecule has 0 aliphatic rings. The Morgan fingerprint density at radius 3 is 2.50 bits per heavy atom. The lowest BCUT2D eigenvalue weighted by molar-refractivity contribution is -0.122. The fraction of sp³-hybridized carbons (Fsp3) is 0.250. The highest BCUT2D eigenvalue weighted by atomic mass is 16.2. The molecular weight excluding hydrogens is 330 g/mol. The SMILES string of the molecule is CCC[C@H](NC(=O)Cn1c(=O)[nH]c(=O)c2ccccc21)c1ccccc1. The summed E-state index contributed by atoms with van der Waals surface area (Å²) in [5.74, 6) is -0.272. The van der Waals surface area contributed by atoms with Crippen molar-refractivity contribution in [2.75, 3.05) is 0 Å². The van der Waals surface area contributed by atoms with Gasteiger partial charge in [0.2, 0.25) is 5.91 Å². The summed E-state index contributed by atoms with van der Waals surface area (Å²) in [6.07, 6.45) is 1.72. The zero-order valence-electron chi connectivity index (χ0n) is 14.6. The maximum atomic E-state index is 12.6. The number of hydrogen-bond acceptors (Lipinski definition) is 3. The van der Waals surface area contributed by atoms with Crippen LogP contribution in [0.2, 0.25) is 0 Å². The molecule has 0 radical (unpaired) electrons. The van der Waals surface area contributed by atoms with Crippen molar-refractivity contribution in [1.82, 2.24) is 14.9 Å². The second-order valence-corrected chi connectivity index (χ2v) is 6.18. The summed E-state index contributed by atoms with van der Waals surface area (Å²) in [6.45, 7) is 1.91. The first-order valence-electron chi connectivity index (χ1n) is 8.66. The first-order valence-corrected chi connectivity index (χ1v) is 8.66. The number of hydrogen-bond donors (Lipinski definition) is 2. The van der Waals surface area contributed by atoms with E-state index >= 15 is 0 Å². The van der Waals surface area contributed by atoms with Gasteiger partial charge in [-0.2, -0.15) is 0 Å². The van der Waals surface area contributed by atoms with Crippen molar-refractivity contribution in [3.8, 4) is 0 Å². The van der Waals surface area contributed by atoms with Crippen LogP contribution in [0.15, 0.2) is 64.2 Å². The number of carbonyl (C=O) groups excluding carboxylic acids is 1. The lowest BCUT2D eigenvalue weighted by Crippen LogP contribution is -2.37. The molecule has 0 bridgehead atoms. The third-order valence-electron chi connectivity index (χ3n) is 4.32. The molecule has 0 spiro atoms. The Kier molecular flexibility index (Phi) is 5.31. The fourth-order valence-electron chi connectivity index (χ4n) is 3.08. The topological polar surface area (TPSA) is 84.0 Å². The standard InChI is InChI=1S/C20H21N3O3/c1-2-8-16(14-9-4-3-5-10-14)21-18(24)13-23-17-12-7-6-11-15(17)19(25)22-20(23)26/h3-7,9-12,16H,2,8,13H2,1H3,(H,21,24)(H,22,25,26)/t16-/m0/s1. The van der Waals surface area contributed by atoms with Crippen LogP contribution in [0.25, 0.3) is 10.9 Å². The summed E-state index contributed by atoms with van der Waals surface area (Å²) >= 11 is 0. The van der Waals surface area contributed by atoms with Crippen LogP contribution in [0.1, 0.15) is 31.4 Å². The van der Waals surface area contributed by atoms with Crippen LogP contribution in [0.5, 0.6) is 0 Å². The number of benzene rings is 2. The highest BCUT2D eigenvalue weighted by molar-refractivity contribution is 5.81. The van der Waals surface area contributed by atoms with Gasteiger partial charge in [0.25, 0.3) is 5.56 Å². The maximum Gasteiger partial charge on any atom is 0.329 e. The van der Waals surface area contributed by atoms with Crippen molar-refractivity contribution in [3.63, 3.8) is 0 Å². The van der Waals surface area contributed by atoms with E-state index in [2.05, 4.69) is 17.2 Å². The molecule has 0 aliphatic heterocycles. The molecule has 6 nitrogen and oxygen atoms in total. The van der Waals surface area contributed by atoms with E-state index in [1.54, 1.807) is 24.3 Å². The molecule has 6 heteroatoms. The molecule has 1 heterocycles. The summed E-state index contributed by atoms with van der Waals surface area (Å²) in [6, 6.07) is 16.4. The Bertz CT molecular complexity index is 1020. The van der Waals surface area contributed by atoms with Crippen LogP contribution in [0.4, 0.5) is 0 Å². The van der Waals surface area contributed by atoms with Gasteiger partial charge in [-0.1, -0.05) is 55.8 Å². The molecule has 3 aromatic rings. The molecule has 2 aromatic carbocycles. The Morgan fingerprint density at radius 2 is 1.77 bits per heavy atom. The summed E-state index contributed by atoms with van der Waals surface area (Å²) in [7, 11) is 0. The Labute approximate surface area is 150 Å². The van der Waals surface area contributed by atoms with Gasteiger partial charge in [-0.3, -0.25) is 19.1 Å². The number of nitrogens with one attached hydrogen (secondary N) is 2. The lowest BCUT2D eigenvalue weighted by atomic mass is 10.0. The minimum Gasteiger partial charge on any atom is -0.348 e. The van der Waals surface area contributed by atoms with E-state index in [-0.39, 0.29) is 18.5 Å². The molecule has 3 rings (SSSR count). The van der Waals surface area contributed by atoms with E-state index in [1.807, 2.05) is 30.3 Å². The molecule has 0 saturated heterocycles. The number of rotatable bonds is 6. The van der Waals surface area contributed by atoms with Gasteiger partial charge >= 0.3 is 5.69 Å². The Balaban J connectivity index is 1.87. The molecule has 1 atom stereocenters. The van der Waals surface area contributed by atoms with Crippen molar-refractivity contribution < 1.29 is 4.79 Å². The van der Waals surface area contributed by atoms with Crippen LogP contribution in [-0.4, -0.2) is 15.5 Å².